The number of benzene rings is 6. The van der Waals surface area contributed by atoms with Crippen LogP contribution in [-0.4, -0.2) is 46.2 Å². The number of rotatable bonds is 9. The van der Waals surface area contributed by atoms with E-state index in [4.69, 9.17) is 19.2 Å². The van der Waals surface area contributed by atoms with Crippen molar-refractivity contribution in [2.45, 2.75) is 53.4 Å². The van der Waals surface area contributed by atoms with Gasteiger partial charge in [0, 0.05) is 33.7 Å². The number of hydrogen-bond donors (Lipinski definition) is 0. The third kappa shape index (κ3) is 10.1. The van der Waals surface area contributed by atoms with Gasteiger partial charge < -0.3 is 14.2 Å². The predicted octanol–water partition coefficient (Wildman–Crippen LogP) is 13.1. The van der Waals surface area contributed by atoms with Gasteiger partial charge in [0.25, 0.3) is 0 Å². The van der Waals surface area contributed by atoms with E-state index in [9.17, 15) is 0 Å². The van der Waals surface area contributed by atoms with E-state index in [0.29, 0.717) is 0 Å². The lowest BCUT2D eigenvalue weighted by atomic mass is 9.93. The Morgan fingerprint density at radius 2 is 0.922 bits per heavy atom. The molecule has 0 radical (unpaired) electrons. The minimum Gasteiger partial charge on any atom is -0.497 e. The molecule has 0 amide bonds. The van der Waals surface area contributed by atoms with Gasteiger partial charge >= 0.3 is 0 Å². The van der Waals surface area contributed by atoms with Gasteiger partial charge in [-0.3, -0.25) is 4.98 Å². The van der Waals surface area contributed by atoms with Crippen molar-refractivity contribution in [3.05, 3.63) is 209 Å². The van der Waals surface area contributed by atoms with E-state index in [2.05, 4.69) is 95.8 Å². The second-order valence-corrected chi connectivity index (χ2v) is 15.8. The summed E-state index contributed by atoms with van der Waals surface area (Å²) in [6.45, 7) is 16.6. The molecule has 0 saturated carbocycles. The number of pyridine rings is 1. The van der Waals surface area contributed by atoms with Crippen LogP contribution in [0.2, 0.25) is 0 Å². The Morgan fingerprint density at radius 1 is 0.469 bits per heavy atom. The maximum atomic E-state index is 5.35. The molecule has 9 aromatic rings. The van der Waals surface area contributed by atoms with E-state index in [0.717, 1.165) is 101 Å². The SMILES string of the molecule is C=C(c1ccc(OC)cc1)c1cc(C)nc2ccccc12.COc1ccc(C(C)c2nc(C)nc3ccccc23)cc1.COc1ccc(C(C)c2nc(C)nc3ccccc23)cc1C. The number of methoxy groups -OCH3 is 3. The highest BCUT2D eigenvalue weighted by Gasteiger charge is 2.17. The van der Waals surface area contributed by atoms with Crippen LogP contribution in [-0.2, 0) is 0 Å². The molecule has 0 aliphatic rings. The van der Waals surface area contributed by atoms with Crippen LogP contribution in [0.25, 0.3) is 38.3 Å². The van der Waals surface area contributed by atoms with Gasteiger partial charge in [-0.25, -0.2) is 19.9 Å². The van der Waals surface area contributed by atoms with Gasteiger partial charge in [-0.15, -0.1) is 0 Å². The molecule has 0 aliphatic carbocycles. The van der Waals surface area contributed by atoms with E-state index < -0.39 is 0 Å². The number of para-hydroxylation sites is 3. The fourth-order valence-corrected chi connectivity index (χ4v) is 7.99. The second-order valence-electron chi connectivity index (χ2n) is 15.8. The van der Waals surface area contributed by atoms with Crippen molar-refractivity contribution < 1.29 is 14.2 Å². The topological polar surface area (TPSA) is 92.1 Å². The maximum Gasteiger partial charge on any atom is 0.126 e. The first kappa shape index (κ1) is 44.6. The van der Waals surface area contributed by atoms with E-state index in [1.807, 2.05) is 118 Å². The maximum absolute atomic E-state index is 5.35. The highest BCUT2D eigenvalue weighted by molar-refractivity contribution is 5.95. The van der Waals surface area contributed by atoms with Crippen LogP contribution in [0.15, 0.2) is 152 Å². The van der Waals surface area contributed by atoms with Gasteiger partial charge in [-0.1, -0.05) is 111 Å². The lowest BCUT2D eigenvalue weighted by Crippen LogP contribution is -2.04. The van der Waals surface area contributed by atoms with Crippen molar-refractivity contribution in [1.82, 2.24) is 24.9 Å². The van der Waals surface area contributed by atoms with Gasteiger partial charge in [0.15, 0.2) is 0 Å². The molecular formula is C56H55N5O3. The molecule has 0 aliphatic heterocycles. The summed E-state index contributed by atoms with van der Waals surface area (Å²) in [6.07, 6.45) is 0. The molecule has 8 nitrogen and oxygen atoms in total. The van der Waals surface area contributed by atoms with Gasteiger partial charge in [0.2, 0.25) is 0 Å². The summed E-state index contributed by atoms with van der Waals surface area (Å²) >= 11 is 0. The van der Waals surface area contributed by atoms with E-state index >= 15 is 0 Å². The van der Waals surface area contributed by atoms with E-state index in [1.54, 1.807) is 21.3 Å². The first-order chi connectivity index (χ1) is 31.0. The quantitative estimate of drug-likeness (QED) is 0.142. The van der Waals surface area contributed by atoms with Gasteiger partial charge in [0.05, 0.1) is 49.3 Å². The average molecular weight is 846 g/mol. The van der Waals surface area contributed by atoms with Crippen molar-refractivity contribution in [2.24, 2.45) is 0 Å². The monoisotopic (exact) mass is 845 g/mol. The molecule has 0 fully saturated rings. The predicted molar refractivity (Wildman–Crippen MR) is 262 cm³/mol. The van der Waals surface area contributed by atoms with Crippen LogP contribution >= 0.6 is 0 Å². The first-order valence-corrected chi connectivity index (χ1v) is 21.4. The Balaban J connectivity index is 0.000000144. The normalized spacial score (nSPS) is 11.8. The van der Waals surface area contributed by atoms with Crippen molar-refractivity contribution in [2.75, 3.05) is 21.3 Å². The zero-order valence-corrected chi connectivity index (χ0v) is 38.2. The summed E-state index contributed by atoms with van der Waals surface area (Å²) in [5.74, 6) is 4.67. The summed E-state index contributed by atoms with van der Waals surface area (Å²) in [7, 11) is 5.05. The number of aryl methyl sites for hydroxylation is 4. The fraction of sp³-hybridized carbons (Fsp3) is 0.196. The number of fused-ring (bicyclic) bond motifs is 3. The standard InChI is InChI=1S/C19H20N2O.C19H17NO.C18H18N2O/c1-12-11-15(9-10-18(12)22-4)13(2)19-16-7-5-6-8-17(16)20-14(3)21-19;1-13-12-18(17-6-4-5-7-19(17)20-13)14(2)15-8-10-16(21-3)11-9-15;1-12(14-8-10-15(21-3)11-9-14)18-16-6-4-5-7-17(16)19-13(2)20-18/h5-11,13H,1-4H3;4-12H,2H2,1,3H3;4-12H,1-3H3. The first-order valence-electron chi connectivity index (χ1n) is 21.4. The molecule has 0 bridgehead atoms. The van der Waals surface area contributed by atoms with Crippen LogP contribution in [0.3, 0.4) is 0 Å². The minimum absolute atomic E-state index is 0.205. The molecule has 6 aromatic carbocycles. The summed E-state index contributed by atoms with van der Waals surface area (Å²) in [4.78, 5) is 23.0. The lowest BCUT2D eigenvalue weighted by Gasteiger charge is -2.16. The highest BCUT2D eigenvalue weighted by Crippen LogP contribution is 2.33. The lowest BCUT2D eigenvalue weighted by molar-refractivity contribution is 0.411. The van der Waals surface area contributed by atoms with Crippen LogP contribution in [0.4, 0.5) is 0 Å². The number of nitrogens with zero attached hydrogens (tertiary/aromatic N) is 5. The van der Waals surface area contributed by atoms with Crippen LogP contribution < -0.4 is 14.2 Å². The molecule has 8 heteroatoms. The summed E-state index contributed by atoms with van der Waals surface area (Å²) in [6, 6.07) is 49.1. The largest absolute Gasteiger partial charge is 0.497 e. The molecule has 9 rings (SSSR count). The summed E-state index contributed by atoms with van der Waals surface area (Å²) in [5, 5.41) is 3.37. The van der Waals surface area contributed by atoms with E-state index in [-0.39, 0.29) is 11.8 Å². The van der Waals surface area contributed by atoms with Crippen molar-refractivity contribution >= 4 is 38.3 Å². The molecular weight excluding hydrogens is 791 g/mol. The summed E-state index contributed by atoms with van der Waals surface area (Å²) < 4.78 is 15.8. The van der Waals surface area contributed by atoms with Crippen molar-refractivity contribution in [3.8, 4) is 17.2 Å². The Labute approximate surface area is 376 Å². The number of ether oxygens (including phenoxy) is 3. The van der Waals surface area contributed by atoms with Gasteiger partial charge in [-0.05, 0) is 116 Å². The Hall–Kier alpha value is -7.45. The van der Waals surface area contributed by atoms with Gasteiger partial charge in [-0.2, -0.15) is 0 Å². The van der Waals surface area contributed by atoms with Crippen molar-refractivity contribution in [3.63, 3.8) is 0 Å². The van der Waals surface area contributed by atoms with Crippen LogP contribution in [0.1, 0.15) is 82.2 Å². The zero-order valence-electron chi connectivity index (χ0n) is 38.2. The van der Waals surface area contributed by atoms with Crippen molar-refractivity contribution in [1.29, 1.82) is 0 Å². The molecule has 3 heterocycles. The third-order valence-corrected chi connectivity index (χ3v) is 11.5. The average Bonchev–Trinajstić information content (AvgIpc) is 3.32. The third-order valence-electron chi connectivity index (χ3n) is 11.5. The fourth-order valence-electron chi connectivity index (χ4n) is 7.99. The number of hydrogen-bond acceptors (Lipinski definition) is 8. The molecule has 2 unspecified atom stereocenters. The second kappa shape index (κ2) is 20.2. The Bertz CT molecular complexity index is 3060. The number of aromatic nitrogens is 5. The van der Waals surface area contributed by atoms with Gasteiger partial charge in [0.1, 0.15) is 28.9 Å². The Kier molecular flexibility index (Phi) is 14.0. The zero-order chi connectivity index (χ0) is 45.3. The smallest absolute Gasteiger partial charge is 0.126 e. The molecule has 64 heavy (non-hydrogen) atoms. The summed E-state index contributed by atoms with van der Waals surface area (Å²) in [5.41, 5.74) is 13.0. The minimum atomic E-state index is 0.205. The molecule has 2 atom stereocenters. The Morgan fingerprint density at radius 3 is 1.42 bits per heavy atom. The molecule has 322 valence electrons. The molecule has 0 N–H and O–H groups in total. The molecule has 3 aromatic heterocycles. The van der Waals surface area contributed by atoms with Crippen LogP contribution in [0.5, 0.6) is 17.2 Å². The molecule has 0 spiro atoms. The van der Waals surface area contributed by atoms with E-state index in [1.165, 1.54) is 11.1 Å². The van der Waals surface area contributed by atoms with Crippen LogP contribution in [0, 0.1) is 27.7 Å². The highest BCUT2D eigenvalue weighted by atomic mass is 16.5. The molecule has 0 saturated heterocycles.